The van der Waals surface area contributed by atoms with E-state index in [1.54, 1.807) is 19.1 Å². The van der Waals surface area contributed by atoms with E-state index in [0.717, 1.165) is 0 Å². The minimum Gasteiger partial charge on any atom is -0.292 e. The summed E-state index contributed by atoms with van der Waals surface area (Å²) in [5, 5.41) is 20.0. The third-order valence-electron chi connectivity index (χ3n) is 3.12. The first-order valence-electron chi connectivity index (χ1n) is 6.13. The van der Waals surface area contributed by atoms with Crippen LogP contribution in [0.2, 0.25) is 0 Å². The van der Waals surface area contributed by atoms with E-state index in [0.29, 0.717) is 16.7 Å². The summed E-state index contributed by atoms with van der Waals surface area (Å²) in [5.74, 6) is -1.33. The van der Waals surface area contributed by atoms with Gasteiger partial charge in [0.15, 0.2) is 5.78 Å². The van der Waals surface area contributed by atoms with Crippen molar-refractivity contribution in [1.82, 2.24) is 4.98 Å². The summed E-state index contributed by atoms with van der Waals surface area (Å²) in [5.41, 5.74) is 1.25. The molecule has 2 aromatic rings. The first-order valence-corrected chi connectivity index (χ1v) is 6.13. The van der Waals surface area contributed by atoms with Crippen molar-refractivity contribution in [2.45, 2.75) is 12.8 Å². The van der Waals surface area contributed by atoms with Gasteiger partial charge in [-0.25, -0.2) is 0 Å². The predicted octanol–water partition coefficient (Wildman–Crippen LogP) is 2.79. The minimum absolute atomic E-state index is 0.0820. The molecule has 0 spiro atoms. The van der Waals surface area contributed by atoms with Gasteiger partial charge in [-0.1, -0.05) is 0 Å². The van der Waals surface area contributed by atoms with Crippen LogP contribution in [0.25, 0.3) is 0 Å². The number of hydrogen-bond acceptors (Lipinski definition) is 5. The molecule has 0 saturated heterocycles. The van der Waals surface area contributed by atoms with Crippen molar-refractivity contribution in [2.24, 2.45) is 0 Å². The molecule has 21 heavy (non-hydrogen) atoms. The second-order valence-electron chi connectivity index (χ2n) is 4.46. The van der Waals surface area contributed by atoms with Gasteiger partial charge in [-0.15, -0.1) is 0 Å². The number of rotatable bonds is 4. The lowest BCUT2D eigenvalue weighted by Gasteiger charge is -2.10. The van der Waals surface area contributed by atoms with Crippen LogP contribution in [0.5, 0.6) is 0 Å². The minimum atomic E-state index is -0.951. The van der Waals surface area contributed by atoms with E-state index in [1.165, 1.54) is 30.6 Å². The number of nitro benzene ring substituents is 1. The Bertz CT molecular complexity index is 736. The van der Waals surface area contributed by atoms with Crippen molar-refractivity contribution >= 4 is 11.5 Å². The molecule has 1 heterocycles. The number of aromatic nitrogens is 1. The number of carbonyl (C=O) groups is 1. The van der Waals surface area contributed by atoms with Crippen molar-refractivity contribution in [3.63, 3.8) is 0 Å². The first kappa shape index (κ1) is 14.3. The highest BCUT2D eigenvalue weighted by Gasteiger charge is 2.24. The highest BCUT2D eigenvalue weighted by atomic mass is 16.6. The lowest BCUT2D eigenvalue weighted by Crippen LogP contribution is -2.13. The Morgan fingerprint density at radius 2 is 2.00 bits per heavy atom. The average Bonchev–Trinajstić information content (AvgIpc) is 2.48. The van der Waals surface area contributed by atoms with Crippen LogP contribution < -0.4 is 0 Å². The van der Waals surface area contributed by atoms with Gasteiger partial charge in [0.1, 0.15) is 5.92 Å². The number of nitro groups is 1. The molecule has 2 rings (SSSR count). The average molecular weight is 281 g/mol. The Morgan fingerprint density at radius 3 is 2.52 bits per heavy atom. The van der Waals surface area contributed by atoms with Crippen LogP contribution in [0, 0.1) is 28.4 Å². The zero-order valence-corrected chi connectivity index (χ0v) is 11.2. The molecule has 0 amide bonds. The van der Waals surface area contributed by atoms with Gasteiger partial charge in [0, 0.05) is 30.1 Å². The maximum Gasteiger partial charge on any atom is 0.269 e. The van der Waals surface area contributed by atoms with Crippen LogP contribution >= 0.6 is 0 Å². The van der Waals surface area contributed by atoms with E-state index in [-0.39, 0.29) is 11.5 Å². The number of ketones is 1. The summed E-state index contributed by atoms with van der Waals surface area (Å²) >= 11 is 0. The van der Waals surface area contributed by atoms with Crippen LogP contribution in [-0.4, -0.2) is 15.7 Å². The van der Waals surface area contributed by atoms with Crippen LogP contribution in [0.3, 0.4) is 0 Å². The molecule has 1 atom stereocenters. The lowest BCUT2D eigenvalue weighted by molar-refractivity contribution is -0.384. The van der Waals surface area contributed by atoms with Crippen molar-refractivity contribution in [3.05, 3.63) is 69.5 Å². The predicted molar refractivity (Wildman–Crippen MR) is 74.8 cm³/mol. The van der Waals surface area contributed by atoms with Crippen molar-refractivity contribution < 1.29 is 9.72 Å². The largest absolute Gasteiger partial charge is 0.292 e. The first-order chi connectivity index (χ1) is 10.0. The Morgan fingerprint density at radius 1 is 1.33 bits per heavy atom. The van der Waals surface area contributed by atoms with Crippen molar-refractivity contribution in [2.75, 3.05) is 0 Å². The van der Waals surface area contributed by atoms with E-state index in [4.69, 9.17) is 0 Å². The van der Waals surface area contributed by atoms with Crippen LogP contribution in [0.4, 0.5) is 5.69 Å². The molecule has 1 unspecified atom stereocenters. The Hall–Kier alpha value is -3.07. The van der Waals surface area contributed by atoms with E-state index >= 15 is 0 Å². The molecule has 0 aliphatic carbocycles. The second-order valence-corrected chi connectivity index (χ2v) is 4.46. The normalized spacial score (nSPS) is 11.4. The summed E-state index contributed by atoms with van der Waals surface area (Å²) in [7, 11) is 0. The smallest absolute Gasteiger partial charge is 0.269 e. The number of pyridine rings is 1. The zero-order chi connectivity index (χ0) is 15.4. The molecule has 0 aliphatic heterocycles. The standard InChI is InChI=1S/C15H11N3O3/c1-10-8-12(18(20)21)2-3-13(10)15(19)14(9-16)11-4-6-17-7-5-11/h2-8,14H,1H3. The molecule has 0 aliphatic rings. The maximum atomic E-state index is 12.5. The number of hydrogen-bond donors (Lipinski definition) is 0. The maximum absolute atomic E-state index is 12.5. The summed E-state index contributed by atoms with van der Waals surface area (Å²) in [4.78, 5) is 26.5. The summed E-state index contributed by atoms with van der Waals surface area (Å²) in [6.45, 7) is 1.61. The molecule has 0 bridgehead atoms. The number of benzene rings is 1. The molecule has 0 fully saturated rings. The molecule has 0 N–H and O–H groups in total. The van der Waals surface area contributed by atoms with Gasteiger partial charge in [0.25, 0.3) is 5.69 Å². The molecule has 104 valence electrons. The topological polar surface area (TPSA) is 96.9 Å². The molecule has 1 aromatic carbocycles. The van der Waals surface area contributed by atoms with Crippen LogP contribution in [-0.2, 0) is 0 Å². The second kappa shape index (κ2) is 5.92. The Kier molecular flexibility index (Phi) is 4.05. The summed E-state index contributed by atoms with van der Waals surface area (Å²) in [6.07, 6.45) is 3.02. The molecular formula is C15H11N3O3. The molecule has 0 saturated carbocycles. The summed E-state index contributed by atoms with van der Waals surface area (Å²) < 4.78 is 0. The van der Waals surface area contributed by atoms with E-state index < -0.39 is 10.8 Å². The molecule has 1 aromatic heterocycles. The number of nitriles is 1. The van der Waals surface area contributed by atoms with Gasteiger partial charge >= 0.3 is 0 Å². The van der Waals surface area contributed by atoms with Crippen molar-refractivity contribution in [3.8, 4) is 6.07 Å². The van der Waals surface area contributed by atoms with E-state index in [9.17, 15) is 20.2 Å². The Balaban J connectivity index is 2.40. The third-order valence-corrected chi connectivity index (χ3v) is 3.12. The molecule has 6 heteroatoms. The van der Waals surface area contributed by atoms with Gasteiger partial charge in [-0.3, -0.25) is 19.9 Å². The number of nitrogens with zero attached hydrogens (tertiary/aromatic N) is 3. The fourth-order valence-corrected chi connectivity index (χ4v) is 2.03. The quantitative estimate of drug-likeness (QED) is 0.487. The lowest BCUT2D eigenvalue weighted by atomic mass is 9.90. The van der Waals surface area contributed by atoms with Gasteiger partial charge in [-0.2, -0.15) is 5.26 Å². The molecule has 0 radical (unpaired) electrons. The fourth-order valence-electron chi connectivity index (χ4n) is 2.03. The zero-order valence-electron chi connectivity index (χ0n) is 11.2. The van der Waals surface area contributed by atoms with Crippen LogP contribution in [0.15, 0.2) is 42.7 Å². The number of carbonyl (C=O) groups excluding carboxylic acids is 1. The van der Waals surface area contributed by atoms with Crippen molar-refractivity contribution in [1.29, 1.82) is 5.26 Å². The number of aryl methyl sites for hydroxylation is 1. The van der Waals surface area contributed by atoms with Crippen LogP contribution in [0.1, 0.15) is 27.4 Å². The van der Waals surface area contributed by atoms with Gasteiger partial charge in [-0.05, 0) is 36.2 Å². The summed E-state index contributed by atoms with van der Waals surface area (Å²) in [6, 6.07) is 9.16. The highest BCUT2D eigenvalue weighted by Crippen LogP contribution is 2.24. The molecular weight excluding hydrogens is 270 g/mol. The highest BCUT2D eigenvalue weighted by molar-refractivity contribution is 6.04. The van der Waals surface area contributed by atoms with Gasteiger partial charge in [0.2, 0.25) is 0 Å². The van der Waals surface area contributed by atoms with Gasteiger partial charge in [0.05, 0.1) is 11.0 Å². The monoisotopic (exact) mass is 281 g/mol. The fraction of sp³-hybridized carbons (Fsp3) is 0.133. The molecule has 6 nitrogen and oxygen atoms in total. The number of non-ortho nitro benzene ring substituents is 1. The van der Waals surface area contributed by atoms with E-state index in [1.807, 2.05) is 6.07 Å². The van der Waals surface area contributed by atoms with Gasteiger partial charge < -0.3 is 0 Å². The SMILES string of the molecule is Cc1cc([N+](=O)[O-])ccc1C(=O)C(C#N)c1ccncc1. The van der Waals surface area contributed by atoms with E-state index in [2.05, 4.69) is 4.98 Å². The number of Topliss-reactive ketones (excluding diaryl/α,β-unsaturated/α-hetero) is 1. The Labute approximate surface area is 120 Å². The third kappa shape index (κ3) is 2.92.